The van der Waals surface area contributed by atoms with Crippen LogP contribution in [0.3, 0.4) is 0 Å². The molecule has 0 heterocycles. The number of carboxylic acids is 1. The number of carboxylic acid groups (broad SMARTS) is 1. The Morgan fingerprint density at radius 1 is 1.28 bits per heavy atom. The van der Waals surface area contributed by atoms with E-state index in [1.54, 1.807) is 11.2 Å². The van der Waals surface area contributed by atoms with Crippen LogP contribution in [0.5, 0.6) is 0 Å². The number of halogens is 3. The van der Waals surface area contributed by atoms with Crippen molar-refractivity contribution in [3.63, 3.8) is 0 Å². The van der Waals surface area contributed by atoms with Crippen LogP contribution in [0.25, 0.3) is 0 Å². The van der Waals surface area contributed by atoms with Gasteiger partial charge in [-0.15, -0.1) is 0 Å². The SMILES string of the molecule is O=C(O)C#Cc1cccc(NC(=O)C(F)(F)F)c1. The Kier molecular flexibility index (Phi) is 3.94. The molecule has 2 N–H and O–H groups in total. The molecule has 18 heavy (non-hydrogen) atoms. The highest BCUT2D eigenvalue weighted by Crippen LogP contribution is 2.18. The van der Waals surface area contributed by atoms with Crippen LogP contribution in [0.1, 0.15) is 5.56 Å². The predicted molar refractivity (Wildman–Crippen MR) is 55.6 cm³/mol. The fourth-order valence-corrected chi connectivity index (χ4v) is 1.00. The number of nitrogens with one attached hydrogen (secondary N) is 1. The average Bonchev–Trinajstić information content (AvgIpc) is 2.25. The number of hydrogen-bond acceptors (Lipinski definition) is 2. The summed E-state index contributed by atoms with van der Waals surface area (Å²) in [7, 11) is 0. The largest absolute Gasteiger partial charge is 0.472 e. The zero-order valence-electron chi connectivity index (χ0n) is 8.71. The normalized spacial score (nSPS) is 10.2. The standard InChI is InChI=1S/C11H6F3NO3/c12-11(13,14)10(18)15-8-3-1-2-7(6-8)4-5-9(16)17/h1-3,6H,(H,15,18)(H,16,17). The molecule has 0 aliphatic rings. The number of rotatable bonds is 1. The van der Waals surface area contributed by atoms with Gasteiger partial charge in [0.15, 0.2) is 0 Å². The Morgan fingerprint density at radius 3 is 2.50 bits per heavy atom. The maximum absolute atomic E-state index is 12.0. The lowest BCUT2D eigenvalue weighted by Crippen LogP contribution is -2.29. The van der Waals surface area contributed by atoms with Crippen LogP contribution < -0.4 is 5.32 Å². The Bertz CT molecular complexity index is 540. The van der Waals surface area contributed by atoms with E-state index in [0.717, 1.165) is 6.07 Å². The van der Waals surface area contributed by atoms with Gasteiger partial charge in [0.05, 0.1) is 0 Å². The molecule has 0 fully saturated rings. The number of alkyl halides is 3. The van der Waals surface area contributed by atoms with Gasteiger partial charge >= 0.3 is 18.1 Å². The number of aliphatic carboxylic acids is 1. The summed E-state index contributed by atoms with van der Waals surface area (Å²) < 4.78 is 35.9. The van der Waals surface area contributed by atoms with E-state index in [9.17, 15) is 22.8 Å². The van der Waals surface area contributed by atoms with E-state index in [1.165, 1.54) is 18.2 Å². The molecule has 0 aliphatic carbocycles. The number of benzene rings is 1. The van der Waals surface area contributed by atoms with Gasteiger partial charge in [0, 0.05) is 17.2 Å². The summed E-state index contributed by atoms with van der Waals surface area (Å²) in [6.45, 7) is 0. The van der Waals surface area contributed by atoms with Gasteiger partial charge in [0.1, 0.15) is 0 Å². The van der Waals surface area contributed by atoms with Crippen molar-refractivity contribution in [1.29, 1.82) is 0 Å². The third-order valence-electron chi connectivity index (χ3n) is 1.69. The van der Waals surface area contributed by atoms with E-state index in [4.69, 9.17) is 5.11 Å². The molecule has 0 bridgehead atoms. The van der Waals surface area contributed by atoms with Crippen molar-refractivity contribution < 1.29 is 27.9 Å². The fraction of sp³-hybridized carbons (Fsp3) is 0.0909. The second-order valence-corrected chi connectivity index (χ2v) is 3.09. The van der Waals surface area contributed by atoms with Crippen LogP contribution in [-0.2, 0) is 9.59 Å². The van der Waals surface area contributed by atoms with E-state index < -0.39 is 18.1 Å². The van der Waals surface area contributed by atoms with Crippen molar-refractivity contribution in [1.82, 2.24) is 0 Å². The first-order chi connectivity index (χ1) is 8.29. The van der Waals surface area contributed by atoms with Crippen molar-refractivity contribution in [2.45, 2.75) is 6.18 Å². The monoisotopic (exact) mass is 257 g/mol. The van der Waals surface area contributed by atoms with Crippen molar-refractivity contribution in [3.8, 4) is 11.8 Å². The van der Waals surface area contributed by atoms with Crippen LogP contribution in [-0.4, -0.2) is 23.2 Å². The molecule has 1 aromatic carbocycles. The minimum absolute atomic E-state index is 0.116. The third-order valence-corrected chi connectivity index (χ3v) is 1.69. The Hall–Kier alpha value is -2.49. The van der Waals surface area contributed by atoms with E-state index in [-0.39, 0.29) is 11.3 Å². The molecule has 0 saturated carbocycles. The quantitative estimate of drug-likeness (QED) is 0.751. The molecule has 0 aliphatic heterocycles. The highest BCUT2D eigenvalue weighted by Gasteiger charge is 2.38. The number of anilines is 1. The van der Waals surface area contributed by atoms with Crippen LogP contribution >= 0.6 is 0 Å². The number of carbonyl (C=O) groups excluding carboxylic acids is 1. The molecular weight excluding hydrogens is 251 g/mol. The van der Waals surface area contributed by atoms with Gasteiger partial charge in [-0.1, -0.05) is 12.0 Å². The zero-order valence-corrected chi connectivity index (χ0v) is 8.71. The van der Waals surface area contributed by atoms with Gasteiger partial charge in [-0.3, -0.25) is 4.79 Å². The van der Waals surface area contributed by atoms with E-state index in [2.05, 4.69) is 5.92 Å². The molecule has 94 valence electrons. The van der Waals surface area contributed by atoms with Gasteiger partial charge in [-0.25, -0.2) is 4.79 Å². The summed E-state index contributed by atoms with van der Waals surface area (Å²) in [5.74, 6) is 0.552. The highest BCUT2D eigenvalue weighted by molar-refractivity contribution is 5.95. The number of amides is 1. The van der Waals surface area contributed by atoms with E-state index in [1.807, 2.05) is 0 Å². The van der Waals surface area contributed by atoms with E-state index in [0.29, 0.717) is 0 Å². The Morgan fingerprint density at radius 2 is 1.94 bits per heavy atom. The summed E-state index contributed by atoms with van der Waals surface area (Å²) in [4.78, 5) is 20.8. The molecule has 1 rings (SSSR count). The van der Waals surface area contributed by atoms with Crippen LogP contribution in [0.2, 0.25) is 0 Å². The minimum atomic E-state index is -4.98. The molecule has 4 nitrogen and oxygen atoms in total. The minimum Gasteiger partial charge on any atom is -0.472 e. The molecular formula is C11H6F3NO3. The fourth-order valence-electron chi connectivity index (χ4n) is 1.00. The Balaban J connectivity index is 2.88. The first kappa shape index (κ1) is 13.6. The molecule has 0 atom stereocenters. The van der Waals surface area contributed by atoms with Crippen LogP contribution in [0.4, 0.5) is 18.9 Å². The van der Waals surface area contributed by atoms with Gasteiger partial charge in [0.2, 0.25) is 0 Å². The summed E-state index contributed by atoms with van der Waals surface area (Å²) in [5, 5.41) is 9.93. The molecule has 7 heteroatoms. The first-order valence-electron chi connectivity index (χ1n) is 4.52. The molecule has 0 radical (unpaired) electrons. The highest BCUT2D eigenvalue weighted by atomic mass is 19.4. The van der Waals surface area contributed by atoms with Gasteiger partial charge in [0.25, 0.3) is 0 Å². The van der Waals surface area contributed by atoms with Crippen molar-refractivity contribution in [2.75, 3.05) is 5.32 Å². The predicted octanol–water partition coefficient (Wildman–Crippen LogP) is 1.62. The molecule has 0 saturated heterocycles. The molecule has 0 spiro atoms. The second kappa shape index (κ2) is 5.23. The summed E-state index contributed by atoms with van der Waals surface area (Å²) >= 11 is 0. The molecule has 1 amide bonds. The Labute approximate surface area is 99.4 Å². The van der Waals surface area contributed by atoms with Gasteiger partial charge in [-0.2, -0.15) is 13.2 Å². The summed E-state index contributed by atoms with van der Waals surface area (Å²) in [5.41, 5.74) is 0.0619. The van der Waals surface area contributed by atoms with Crippen molar-refractivity contribution >= 4 is 17.6 Å². The topological polar surface area (TPSA) is 66.4 Å². The smallest absolute Gasteiger partial charge is 0.471 e. The molecule has 0 unspecified atom stereocenters. The molecule has 0 aromatic heterocycles. The van der Waals surface area contributed by atoms with Crippen molar-refractivity contribution in [3.05, 3.63) is 29.8 Å². The lowest BCUT2D eigenvalue weighted by molar-refractivity contribution is -0.167. The molecule has 1 aromatic rings. The summed E-state index contributed by atoms with van der Waals surface area (Å²) in [6, 6.07) is 5.12. The van der Waals surface area contributed by atoms with Gasteiger partial charge in [-0.05, 0) is 18.2 Å². The second-order valence-electron chi connectivity index (χ2n) is 3.09. The first-order valence-corrected chi connectivity index (χ1v) is 4.52. The van der Waals surface area contributed by atoms with Crippen LogP contribution in [0, 0.1) is 11.8 Å². The maximum atomic E-state index is 12.0. The number of hydrogen-bond donors (Lipinski definition) is 2. The van der Waals surface area contributed by atoms with E-state index >= 15 is 0 Å². The zero-order chi connectivity index (χ0) is 13.8. The van der Waals surface area contributed by atoms with Gasteiger partial charge < -0.3 is 10.4 Å². The lowest BCUT2D eigenvalue weighted by Gasteiger charge is -2.07. The maximum Gasteiger partial charge on any atom is 0.471 e. The third kappa shape index (κ3) is 4.17. The number of carbonyl (C=O) groups is 2. The summed E-state index contributed by atoms with van der Waals surface area (Å²) in [6.07, 6.45) is -4.98. The average molecular weight is 257 g/mol. The van der Waals surface area contributed by atoms with Crippen LogP contribution in [0.15, 0.2) is 24.3 Å². The lowest BCUT2D eigenvalue weighted by atomic mass is 10.2. The van der Waals surface area contributed by atoms with Crippen molar-refractivity contribution in [2.24, 2.45) is 0 Å².